The van der Waals surface area contributed by atoms with Gasteiger partial charge in [-0.15, -0.1) is 0 Å². The standard InChI is InChI=1S/C30H50O/c1-8-22(19(2)3)10-9-20(4)24-13-14-26-23-11-12-25-21(5)28(31)16-18-30(25,7)27(23)15-17-29(24,26)6/h14,19-22,24-25,28,31H,8-13,15-18H2,1-7H3/t20-,21+,22?,24-,25?,28+,29-,30+/m1/s1. The Labute approximate surface area is 193 Å². The van der Waals surface area contributed by atoms with Crippen molar-refractivity contribution in [3.63, 3.8) is 0 Å². The van der Waals surface area contributed by atoms with Gasteiger partial charge >= 0.3 is 0 Å². The summed E-state index contributed by atoms with van der Waals surface area (Å²) in [6.45, 7) is 17.3. The Balaban J connectivity index is 1.53. The zero-order chi connectivity index (χ0) is 22.6. The van der Waals surface area contributed by atoms with Crippen LogP contribution in [0.1, 0.15) is 113 Å². The van der Waals surface area contributed by atoms with Crippen molar-refractivity contribution in [3.8, 4) is 0 Å². The molecule has 1 saturated carbocycles. The molecule has 0 heterocycles. The molecular formula is C30H50O. The second-order valence-corrected chi connectivity index (χ2v) is 12.8. The maximum Gasteiger partial charge on any atom is 0.0569 e. The highest BCUT2D eigenvalue weighted by Crippen LogP contribution is 2.64. The molecule has 0 amide bonds. The lowest BCUT2D eigenvalue weighted by atomic mass is 9.49. The van der Waals surface area contributed by atoms with Crippen molar-refractivity contribution in [1.82, 2.24) is 0 Å². The van der Waals surface area contributed by atoms with Crippen molar-refractivity contribution in [2.75, 3.05) is 0 Å². The van der Waals surface area contributed by atoms with Crippen LogP contribution in [0.3, 0.4) is 0 Å². The van der Waals surface area contributed by atoms with Crippen LogP contribution in [0.15, 0.2) is 22.8 Å². The van der Waals surface area contributed by atoms with Crippen LogP contribution in [-0.2, 0) is 0 Å². The summed E-state index contributed by atoms with van der Waals surface area (Å²) in [6.07, 6.45) is 15.5. The Morgan fingerprint density at radius 1 is 1.03 bits per heavy atom. The van der Waals surface area contributed by atoms with Gasteiger partial charge in [0.05, 0.1) is 6.10 Å². The SMILES string of the molecule is CCC(CC[C@@H](C)[C@H]1CC=C2C3=C(CC[C@@]21C)[C@@]1(C)CC[C@H](O)[C@@H](C)C1CC3)C(C)C. The molecule has 4 rings (SSSR count). The highest BCUT2D eigenvalue weighted by atomic mass is 16.3. The molecule has 1 N–H and O–H groups in total. The quantitative estimate of drug-likeness (QED) is 0.452. The largest absolute Gasteiger partial charge is 0.393 e. The molecule has 0 aromatic heterocycles. The Bertz CT molecular complexity index is 729. The van der Waals surface area contributed by atoms with Crippen molar-refractivity contribution in [1.29, 1.82) is 0 Å². The van der Waals surface area contributed by atoms with E-state index in [1.54, 1.807) is 11.1 Å². The summed E-state index contributed by atoms with van der Waals surface area (Å²) in [6, 6.07) is 0. The first kappa shape index (κ1) is 23.6. The van der Waals surface area contributed by atoms with Crippen molar-refractivity contribution < 1.29 is 5.11 Å². The number of fused-ring (bicyclic) bond motifs is 4. The maximum atomic E-state index is 10.5. The monoisotopic (exact) mass is 426 g/mol. The molecule has 4 aliphatic rings. The molecule has 8 atom stereocenters. The summed E-state index contributed by atoms with van der Waals surface area (Å²) < 4.78 is 0. The zero-order valence-corrected chi connectivity index (χ0v) is 21.6. The molecule has 2 unspecified atom stereocenters. The zero-order valence-electron chi connectivity index (χ0n) is 21.6. The number of hydrogen-bond donors (Lipinski definition) is 1. The van der Waals surface area contributed by atoms with Crippen LogP contribution in [0.25, 0.3) is 0 Å². The number of aliphatic hydroxyl groups excluding tert-OH is 1. The predicted molar refractivity (Wildman–Crippen MR) is 133 cm³/mol. The summed E-state index contributed by atoms with van der Waals surface area (Å²) in [5.74, 6) is 4.50. The fourth-order valence-corrected chi connectivity index (χ4v) is 8.89. The van der Waals surface area contributed by atoms with Crippen molar-refractivity contribution in [2.45, 2.75) is 119 Å². The van der Waals surface area contributed by atoms with Gasteiger partial charge in [0.2, 0.25) is 0 Å². The van der Waals surface area contributed by atoms with Gasteiger partial charge in [0.25, 0.3) is 0 Å². The van der Waals surface area contributed by atoms with E-state index in [4.69, 9.17) is 0 Å². The number of rotatable bonds is 6. The van der Waals surface area contributed by atoms with Crippen LogP contribution in [0.4, 0.5) is 0 Å². The molecule has 31 heavy (non-hydrogen) atoms. The van der Waals surface area contributed by atoms with E-state index in [9.17, 15) is 5.11 Å². The lowest BCUT2D eigenvalue weighted by Gasteiger charge is -2.55. The summed E-state index contributed by atoms with van der Waals surface area (Å²) >= 11 is 0. The van der Waals surface area contributed by atoms with E-state index in [2.05, 4.69) is 54.5 Å². The molecule has 0 aromatic rings. The maximum absolute atomic E-state index is 10.5. The van der Waals surface area contributed by atoms with Crippen molar-refractivity contribution >= 4 is 0 Å². The molecule has 1 fully saturated rings. The third-order valence-electron chi connectivity index (χ3n) is 11.2. The molecule has 0 radical (unpaired) electrons. The first-order valence-corrected chi connectivity index (χ1v) is 13.7. The lowest BCUT2D eigenvalue weighted by molar-refractivity contribution is -0.0287. The first-order chi connectivity index (χ1) is 14.6. The van der Waals surface area contributed by atoms with E-state index in [1.807, 2.05) is 5.57 Å². The van der Waals surface area contributed by atoms with E-state index in [1.165, 1.54) is 57.8 Å². The van der Waals surface area contributed by atoms with Crippen LogP contribution >= 0.6 is 0 Å². The minimum atomic E-state index is -0.0807. The molecule has 0 saturated heterocycles. The van der Waals surface area contributed by atoms with E-state index in [0.29, 0.717) is 22.7 Å². The van der Waals surface area contributed by atoms with Crippen LogP contribution in [0.5, 0.6) is 0 Å². The molecule has 176 valence electrons. The van der Waals surface area contributed by atoms with E-state index < -0.39 is 0 Å². The van der Waals surface area contributed by atoms with E-state index >= 15 is 0 Å². The molecule has 1 heteroatoms. The number of aliphatic hydroxyl groups is 1. The third kappa shape index (κ3) is 3.79. The van der Waals surface area contributed by atoms with Crippen LogP contribution in [0.2, 0.25) is 0 Å². The third-order valence-corrected chi connectivity index (χ3v) is 11.2. The van der Waals surface area contributed by atoms with Gasteiger partial charge in [0.15, 0.2) is 0 Å². The second-order valence-electron chi connectivity index (χ2n) is 12.8. The fraction of sp³-hybridized carbons (Fsp3) is 0.867. The Kier molecular flexibility index (Phi) is 6.59. The van der Waals surface area contributed by atoms with Gasteiger partial charge in [-0.05, 0) is 109 Å². The second kappa shape index (κ2) is 8.66. The van der Waals surface area contributed by atoms with Gasteiger partial charge in [-0.25, -0.2) is 0 Å². The highest BCUT2D eigenvalue weighted by molar-refractivity contribution is 5.49. The summed E-state index contributed by atoms with van der Waals surface area (Å²) in [7, 11) is 0. The van der Waals surface area contributed by atoms with Gasteiger partial charge in [-0.1, -0.05) is 73.0 Å². The minimum absolute atomic E-state index is 0.0807. The van der Waals surface area contributed by atoms with E-state index in [-0.39, 0.29) is 6.10 Å². The van der Waals surface area contributed by atoms with Gasteiger partial charge in [-0.2, -0.15) is 0 Å². The van der Waals surface area contributed by atoms with Crippen LogP contribution in [0, 0.1) is 46.3 Å². The van der Waals surface area contributed by atoms with Crippen LogP contribution < -0.4 is 0 Å². The summed E-state index contributed by atoms with van der Waals surface area (Å²) in [5.41, 5.74) is 6.09. The predicted octanol–water partition coefficient (Wildman–Crippen LogP) is 8.34. The Morgan fingerprint density at radius 2 is 1.77 bits per heavy atom. The highest BCUT2D eigenvalue weighted by Gasteiger charge is 2.54. The first-order valence-electron chi connectivity index (χ1n) is 13.7. The smallest absolute Gasteiger partial charge is 0.0569 e. The van der Waals surface area contributed by atoms with Gasteiger partial charge in [0.1, 0.15) is 0 Å². The molecule has 4 aliphatic carbocycles. The van der Waals surface area contributed by atoms with Gasteiger partial charge in [-0.3, -0.25) is 0 Å². The van der Waals surface area contributed by atoms with Crippen LogP contribution in [-0.4, -0.2) is 11.2 Å². The molecule has 1 nitrogen and oxygen atoms in total. The average Bonchev–Trinajstić information content (AvgIpc) is 3.08. The average molecular weight is 427 g/mol. The number of allylic oxidation sites excluding steroid dienone is 4. The Morgan fingerprint density at radius 3 is 2.45 bits per heavy atom. The molecule has 0 spiro atoms. The van der Waals surface area contributed by atoms with Gasteiger partial charge in [0, 0.05) is 0 Å². The fourth-order valence-electron chi connectivity index (χ4n) is 8.89. The normalized spacial score (nSPS) is 42.0. The molecule has 0 aromatic carbocycles. The molecular weight excluding hydrogens is 376 g/mol. The summed E-state index contributed by atoms with van der Waals surface area (Å²) in [4.78, 5) is 0. The summed E-state index contributed by atoms with van der Waals surface area (Å²) in [5, 5.41) is 10.5. The van der Waals surface area contributed by atoms with Crippen molar-refractivity contribution in [2.24, 2.45) is 46.3 Å². The molecule has 0 aliphatic heterocycles. The van der Waals surface area contributed by atoms with E-state index in [0.717, 1.165) is 30.1 Å². The topological polar surface area (TPSA) is 20.2 Å². The van der Waals surface area contributed by atoms with Crippen molar-refractivity contribution in [3.05, 3.63) is 22.8 Å². The number of hydrogen-bond acceptors (Lipinski definition) is 1. The Hall–Kier alpha value is -0.560. The van der Waals surface area contributed by atoms with Gasteiger partial charge < -0.3 is 5.11 Å². The minimum Gasteiger partial charge on any atom is -0.393 e. The molecule has 0 bridgehead atoms. The lowest BCUT2D eigenvalue weighted by Crippen LogP contribution is -2.48.